The van der Waals surface area contributed by atoms with E-state index in [-0.39, 0.29) is 0 Å². The van der Waals surface area contributed by atoms with Crippen LogP contribution < -0.4 is 0 Å². The monoisotopic (exact) mass is 305 g/mol. The molecule has 0 rings (SSSR count). The van der Waals surface area contributed by atoms with Gasteiger partial charge in [-0.25, -0.2) is 0 Å². The van der Waals surface area contributed by atoms with Crippen LogP contribution in [0.15, 0.2) is 17.1 Å². The second-order valence-electron chi connectivity index (χ2n) is 4.59. The Bertz CT molecular complexity index is 288. The molecule has 0 saturated carbocycles. The van der Waals surface area contributed by atoms with E-state index >= 15 is 0 Å². The van der Waals surface area contributed by atoms with Gasteiger partial charge in [0.25, 0.3) is 0 Å². The predicted octanol–water partition coefficient (Wildman–Crippen LogP) is 4.46. The van der Waals surface area contributed by atoms with Crippen LogP contribution in [0, 0.1) is 0 Å². The fraction of sp³-hybridized carbons (Fsp3) is 0.800. The molecular formula is C15H31NO3S. The van der Waals surface area contributed by atoms with Gasteiger partial charge in [0.15, 0.2) is 0 Å². The molecule has 0 aromatic carbocycles. The summed E-state index contributed by atoms with van der Waals surface area (Å²) in [6.07, 6.45) is 1.78. The van der Waals surface area contributed by atoms with E-state index in [2.05, 4.69) is 11.6 Å². The molecule has 0 spiro atoms. The smallest absolute Gasteiger partial charge is 0.0887 e. The molecule has 0 fully saturated rings. The molecule has 0 radical (unpaired) electrons. The Hall–Kier alpha value is -0.360. The molecule has 120 valence electrons. The second-order valence-corrected chi connectivity index (χ2v) is 6.82. The summed E-state index contributed by atoms with van der Waals surface area (Å²) in [4.78, 5) is 4.55. The summed E-state index contributed by atoms with van der Waals surface area (Å²) in [5.41, 5.74) is 2.27. The molecule has 0 aliphatic rings. The lowest BCUT2D eigenvalue weighted by Gasteiger charge is -2.36. The third kappa shape index (κ3) is 8.74. The van der Waals surface area contributed by atoms with E-state index in [1.807, 2.05) is 34.6 Å². The number of nitrogens with zero attached hydrogens (tertiary/aromatic N) is 1. The van der Waals surface area contributed by atoms with Crippen molar-refractivity contribution < 1.29 is 12.5 Å². The van der Waals surface area contributed by atoms with Crippen LogP contribution in [0.25, 0.3) is 0 Å². The molecule has 0 aromatic rings. The van der Waals surface area contributed by atoms with Crippen LogP contribution in [-0.2, 0) is 12.5 Å². The van der Waals surface area contributed by atoms with Crippen LogP contribution in [0.4, 0.5) is 0 Å². The van der Waals surface area contributed by atoms with Gasteiger partial charge in [-0.1, -0.05) is 12.2 Å². The van der Waals surface area contributed by atoms with Gasteiger partial charge in [0.05, 0.1) is 30.7 Å². The minimum atomic E-state index is -1.85. The van der Waals surface area contributed by atoms with Gasteiger partial charge in [0, 0.05) is 24.4 Å². The maximum Gasteiger partial charge on any atom is 0.0887 e. The van der Waals surface area contributed by atoms with Crippen molar-refractivity contribution in [1.82, 2.24) is 0 Å². The lowest BCUT2D eigenvalue weighted by atomic mass is 10.2. The van der Waals surface area contributed by atoms with Crippen molar-refractivity contribution in [3.05, 3.63) is 12.2 Å². The Morgan fingerprint density at radius 2 is 1.50 bits per heavy atom. The highest BCUT2D eigenvalue weighted by Crippen LogP contribution is 2.51. The fourth-order valence-corrected chi connectivity index (χ4v) is 3.94. The number of aliphatic imine (C=N–C) groups is 1. The Labute approximate surface area is 126 Å². The highest BCUT2D eigenvalue weighted by molar-refractivity contribution is 8.21. The SMILES string of the molecule is C=C(C)CC(C)=NCCCS(OCC)(OCC)OCC. The van der Waals surface area contributed by atoms with Crippen molar-refractivity contribution in [3.8, 4) is 0 Å². The van der Waals surface area contributed by atoms with E-state index in [0.29, 0.717) is 19.8 Å². The number of rotatable bonds is 12. The van der Waals surface area contributed by atoms with Crippen molar-refractivity contribution in [2.75, 3.05) is 32.1 Å². The lowest BCUT2D eigenvalue weighted by Crippen LogP contribution is -2.17. The Morgan fingerprint density at radius 3 is 1.90 bits per heavy atom. The van der Waals surface area contributed by atoms with Crippen LogP contribution in [0.3, 0.4) is 0 Å². The van der Waals surface area contributed by atoms with Crippen LogP contribution in [-0.4, -0.2) is 37.8 Å². The maximum absolute atomic E-state index is 5.76. The first kappa shape index (κ1) is 19.6. The van der Waals surface area contributed by atoms with Gasteiger partial charge >= 0.3 is 0 Å². The molecule has 0 aliphatic heterocycles. The van der Waals surface area contributed by atoms with Gasteiger partial charge in [0.1, 0.15) is 0 Å². The summed E-state index contributed by atoms with van der Waals surface area (Å²) < 4.78 is 17.3. The van der Waals surface area contributed by atoms with Crippen molar-refractivity contribution in [3.63, 3.8) is 0 Å². The molecular weight excluding hydrogens is 274 g/mol. The average Bonchev–Trinajstić information content (AvgIpc) is 2.35. The topological polar surface area (TPSA) is 40.0 Å². The minimum Gasteiger partial charge on any atom is -0.294 e. The molecule has 0 N–H and O–H groups in total. The van der Waals surface area contributed by atoms with E-state index in [0.717, 1.165) is 36.4 Å². The van der Waals surface area contributed by atoms with Crippen LogP contribution in [0.5, 0.6) is 0 Å². The first-order chi connectivity index (χ1) is 9.49. The molecule has 0 bridgehead atoms. The van der Waals surface area contributed by atoms with Gasteiger partial charge < -0.3 is 0 Å². The largest absolute Gasteiger partial charge is 0.294 e. The van der Waals surface area contributed by atoms with E-state index in [4.69, 9.17) is 12.5 Å². The summed E-state index contributed by atoms with van der Waals surface area (Å²) >= 11 is 0. The molecule has 0 unspecified atom stereocenters. The lowest BCUT2D eigenvalue weighted by molar-refractivity contribution is 0.185. The van der Waals surface area contributed by atoms with Gasteiger partial charge in [-0.15, -0.1) is 0 Å². The zero-order chi connectivity index (χ0) is 15.4. The van der Waals surface area contributed by atoms with E-state index in [1.54, 1.807) is 0 Å². The summed E-state index contributed by atoms with van der Waals surface area (Å²) in [5, 5.41) is 0. The van der Waals surface area contributed by atoms with Gasteiger partial charge in [-0.2, -0.15) is 0 Å². The molecule has 20 heavy (non-hydrogen) atoms. The first-order valence-corrected chi connectivity index (χ1v) is 8.95. The van der Waals surface area contributed by atoms with Crippen molar-refractivity contribution in [2.24, 2.45) is 4.99 Å². The quantitative estimate of drug-likeness (QED) is 0.303. The van der Waals surface area contributed by atoms with Crippen molar-refractivity contribution in [1.29, 1.82) is 0 Å². The first-order valence-electron chi connectivity index (χ1n) is 7.38. The van der Waals surface area contributed by atoms with Gasteiger partial charge in [-0.3, -0.25) is 17.5 Å². The highest BCUT2D eigenvalue weighted by atomic mass is 32.3. The zero-order valence-corrected chi connectivity index (χ0v) is 14.6. The molecule has 0 atom stereocenters. The highest BCUT2D eigenvalue weighted by Gasteiger charge is 2.25. The summed E-state index contributed by atoms with van der Waals surface area (Å²) in [6.45, 7) is 16.5. The number of hydrogen-bond donors (Lipinski definition) is 0. The predicted molar refractivity (Wildman–Crippen MR) is 89.4 cm³/mol. The van der Waals surface area contributed by atoms with E-state index in [1.165, 1.54) is 0 Å². The summed E-state index contributed by atoms with van der Waals surface area (Å²) in [5.74, 6) is 0.770. The van der Waals surface area contributed by atoms with Crippen LogP contribution in [0.2, 0.25) is 0 Å². The molecule has 0 amide bonds. The van der Waals surface area contributed by atoms with E-state index in [9.17, 15) is 0 Å². The third-order valence-electron chi connectivity index (χ3n) is 2.38. The molecule has 0 aliphatic carbocycles. The van der Waals surface area contributed by atoms with Crippen LogP contribution in [0.1, 0.15) is 47.5 Å². The number of allylic oxidation sites excluding steroid dienone is 1. The molecule has 0 heterocycles. The van der Waals surface area contributed by atoms with Crippen molar-refractivity contribution >= 4 is 16.6 Å². The fourth-order valence-electron chi connectivity index (χ4n) is 1.82. The second kappa shape index (κ2) is 11.3. The Kier molecular flexibility index (Phi) is 11.1. The van der Waals surface area contributed by atoms with Gasteiger partial charge in [0.2, 0.25) is 0 Å². The summed E-state index contributed by atoms with van der Waals surface area (Å²) in [7, 11) is -1.85. The van der Waals surface area contributed by atoms with E-state index < -0.39 is 10.9 Å². The summed E-state index contributed by atoms with van der Waals surface area (Å²) in [6, 6.07) is 0. The van der Waals surface area contributed by atoms with Crippen molar-refractivity contribution in [2.45, 2.75) is 47.5 Å². The van der Waals surface area contributed by atoms with Crippen LogP contribution >= 0.6 is 10.9 Å². The molecule has 0 aromatic heterocycles. The maximum atomic E-state index is 5.76. The normalized spacial score (nSPS) is 13.6. The Morgan fingerprint density at radius 1 is 1.00 bits per heavy atom. The zero-order valence-electron chi connectivity index (χ0n) is 13.7. The minimum absolute atomic E-state index is 0.604. The molecule has 5 heteroatoms. The van der Waals surface area contributed by atoms with Gasteiger partial charge in [-0.05, 0) is 41.0 Å². The molecule has 4 nitrogen and oxygen atoms in total. The average molecular weight is 305 g/mol. The third-order valence-corrected chi connectivity index (χ3v) is 4.96. The molecule has 0 saturated heterocycles. The number of hydrogen-bond acceptors (Lipinski definition) is 4. The Balaban J connectivity index is 4.34. The standard InChI is InChI=1S/C15H31NO3S/c1-7-17-20(18-8-2,19-9-3)12-10-11-16-15(6)13-14(4)5/h4,7-13H2,1-3,5-6H3.